The molecule has 0 bridgehead atoms. The van der Waals surface area contributed by atoms with Crippen LogP contribution in [0.4, 0.5) is 0 Å². The molecule has 0 spiro atoms. The van der Waals surface area contributed by atoms with Crippen molar-refractivity contribution in [3.63, 3.8) is 0 Å². The first-order valence-corrected chi connectivity index (χ1v) is 7.73. The molecule has 1 fully saturated rings. The third kappa shape index (κ3) is 4.79. The molecule has 1 unspecified atom stereocenters. The number of nitrogens with one attached hydrogen (secondary N) is 1. The van der Waals surface area contributed by atoms with E-state index < -0.39 is 0 Å². The molecule has 106 valence electrons. The van der Waals surface area contributed by atoms with Gasteiger partial charge in [0.25, 0.3) is 0 Å². The van der Waals surface area contributed by atoms with Gasteiger partial charge in [-0.25, -0.2) is 0 Å². The molecule has 1 aromatic carbocycles. The Bertz CT molecular complexity index is 377. The lowest BCUT2D eigenvalue weighted by molar-refractivity contribution is 0.0538. The predicted molar refractivity (Wildman–Crippen MR) is 80.8 cm³/mol. The fourth-order valence-corrected chi connectivity index (χ4v) is 2.98. The van der Waals surface area contributed by atoms with Crippen LogP contribution in [-0.2, 0) is 11.2 Å². The summed E-state index contributed by atoms with van der Waals surface area (Å²) < 4.78 is 5.47. The number of hydrogen-bond donors (Lipinski definition) is 1. The Labute approximate surface area is 121 Å². The molecule has 0 aromatic heterocycles. The summed E-state index contributed by atoms with van der Waals surface area (Å²) in [5.74, 6) is 0.722. The molecule has 0 radical (unpaired) electrons. The summed E-state index contributed by atoms with van der Waals surface area (Å²) in [6, 6.07) is 8.78. The predicted octanol–water partition coefficient (Wildman–Crippen LogP) is 3.68. The van der Waals surface area contributed by atoms with Crippen LogP contribution in [0.3, 0.4) is 0 Å². The van der Waals surface area contributed by atoms with Gasteiger partial charge in [-0.3, -0.25) is 0 Å². The highest BCUT2D eigenvalue weighted by atomic mass is 35.5. The van der Waals surface area contributed by atoms with E-state index in [0.717, 1.165) is 37.1 Å². The first-order valence-electron chi connectivity index (χ1n) is 7.35. The van der Waals surface area contributed by atoms with Crippen LogP contribution < -0.4 is 5.32 Å². The third-order valence-electron chi connectivity index (χ3n) is 3.84. The number of rotatable bonds is 6. The highest BCUT2D eigenvalue weighted by molar-refractivity contribution is 6.30. The Morgan fingerprint density at radius 3 is 2.84 bits per heavy atom. The fraction of sp³-hybridized carbons (Fsp3) is 0.625. The maximum Gasteiger partial charge on any atom is 0.0469 e. The van der Waals surface area contributed by atoms with Crippen LogP contribution in [0.5, 0.6) is 0 Å². The molecular formula is C16H24ClNO. The van der Waals surface area contributed by atoms with Crippen LogP contribution in [0.25, 0.3) is 0 Å². The van der Waals surface area contributed by atoms with Crippen molar-refractivity contribution < 1.29 is 4.74 Å². The van der Waals surface area contributed by atoms with Crippen LogP contribution in [0.1, 0.15) is 31.7 Å². The largest absolute Gasteiger partial charge is 0.381 e. The summed E-state index contributed by atoms with van der Waals surface area (Å²) in [5.41, 5.74) is 1.33. The molecule has 1 aliphatic rings. The smallest absolute Gasteiger partial charge is 0.0469 e. The van der Waals surface area contributed by atoms with Crippen molar-refractivity contribution in [2.45, 2.75) is 38.6 Å². The second-order valence-electron chi connectivity index (χ2n) is 5.34. The highest BCUT2D eigenvalue weighted by Gasteiger charge is 2.23. The summed E-state index contributed by atoms with van der Waals surface area (Å²) >= 11 is 6.08. The zero-order valence-corrected chi connectivity index (χ0v) is 12.5. The van der Waals surface area contributed by atoms with E-state index in [9.17, 15) is 0 Å². The van der Waals surface area contributed by atoms with E-state index in [-0.39, 0.29) is 0 Å². The maximum atomic E-state index is 6.08. The molecule has 1 saturated heterocycles. The molecule has 19 heavy (non-hydrogen) atoms. The van der Waals surface area contributed by atoms with Crippen molar-refractivity contribution in [3.8, 4) is 0 Å². The lowest BCUT2D eigenvalue weighted by Gasteiger charge is -2.31. The van der Waals surface area contributed by atoms with Crippen LogP contribution in [0.15, 0.2) is 24.3 Å². The average Bonchev–Trinajstić information content (AvgIpc) is 2.44. The molecule has 2 nitrogen and oxygen atoms in total. The van der Waals surface area contributed by atoms with Gasteiger partial charge in [-0.05, 0) is 55.8 Å². The zero-order valence-electron chi connectivity index (χ0n) is 11.7. The van der Waals surface area contributed by atoms with E-state index in [1.54, 1.807) is 0 Å². The molecule has 0 amide bonds. The lowest BCUT2D eigenvalue weighted by Crippen LogP contribution is -2.41. The van der Waals surface area contributed by atoms with Gasteiger partial charge in [0.05, 0.1) is 0 Å². The number of ether oxygens (including phenoxy) is 1. The minimum Gasteiger partial charge on any atom is -0.381 e. The highest BCUT2D eigenvalue weighted by Crippen LogP contribution is 2.22. The van der Waals surface area contributed by atoms with E-state index in [4.69, 9.17) is 16.3 Å². The van der Waals surface area contributed by atoms with E-state index in [1.165, 1.54) is 24.8 Å². The molecule has 2 rings (SSSR count). The van der Waals surface area contributed by atoms with Gasteiger partial charge < -0.3 is 10.1 Å². The van der Waals surface area contributed by atoms with Crippen LogP contribution in [-0.4, -0.2) is 25.8 Å². The van der Waals surface area contributed by atoms with Crippen molar-refractivity contribution >= 4 is 11.6 Å². The van der Waals surface area contributed by atoms with Crippen LogP contribution in [0.2, 0.25) is 5.02 Å². The minimum atomic E-state index is 0.544. The standard InChI is InChI=1S/C16H24ClNO/c1-2-8-18-16(14-6-9-19-10-7-14)12-13-4-3-5-15(17)11-13/h3-5,11,14,16,18H,2,6-10,12H2,1H3. The first kappa shape index (κ1) is 14.8. The molecule has 1 aliphatic heterocycles. The Kier molecular flexibility index (Phi) is 6.15. The Morgan fingerprint density at radius 1 is 1.37 bits per heavy atom. The maximum absolute atomic E-state index is 6.08. The topological polar surface area (TPSA) is 21.3 Å². The number of benzene rings is 1. The molecule has 1 aromatic rings. The van der Waals surface area contributed by atoms with Gasteiger partial charge in [-0.2, -0.15) is 0 Å². The second-order valence-corrected chi connectivity index (χ2v) is 5.78. The summed E-state index contributed by atoms with van der Waals surface area (Å²) in [5, 5.41) is 4.54. The fourth-order valence-electron chi connectivity index (χ4n) is 2.77. The van der Waals surface area contributed by atoms with Gasteiger partial charge in [0.15, 0.2) is 0 Å². The molecule has 1 atom stereocenters. The second kappa shape index (κ2) is 7.88. The van der Waals surface area contributed by atoms with Gasteiger partial charge in [0.2, 0.25) is 0 Å². The van der Waals surface area contributed by atoms with E-state index in [2.05, 4.69) is 24.4 Å². The summed E-state index contributed by atoms with van der Waals surface area (Å²) in [6.07, 6.45) is 4.57. The van der Waals surface area contributed by atoms with E-state index in [0.29, 0.717) is 6.04 Å². The Balaban J connectivity index is 1.99. The lowest BCUT2D eigenvalue weighted by atomic mass is 9.87. The molecule has 1 N–H and O–H groups in total. The van der Waals surface area contributed by atoms with Gasteiger partial charge in [-0.15, -0.1) is 0 Å². The number of hydrogen-bond acceptors (Lipinski definition) is 2. The van der Waals surface area contributed by atoms with Crippen LogP contribution in [0, 0.1) is 5.92 Å². The molecule has 0 aliphatic carbocycles. The number of halogens is 1. The van der Waals surface area contributed by atoms with Gasteiger partial charge in [0, 0.05) is 24.3 Å². The first-order chi connectivity index (χ1) is 9.29. The summed E-state index contributed by atoms with van der Waals surface area (Å²) in [7, 11) is 0. The van der Waals surface area contributed by atoms with E-state index in [1.807, 2.05) is 12.1 Å². The van der Waals surface area contributed by atoms with Crippen molar-refractivity contribution in [1.82, 2.24) is 5.32 Å². The third-order valence-corrected chi connectivity index (χ3v) is 4.07. The van der Waals surface area contributed by atoms with Gasteiger partial charge in [-0.1, -0.05) is 30.7 Å². The zero-order chi connectivity index (χ0) is 13.5. The quantitative estimate of drug-likeness (QED) is 0.859. The van der Waals surface area contributed by atoms with Crippen molar-refractivity contribution in [2.24, 2.45) is 5.92 Å². The summed E-state index contributed by atoms with van der Waals surface area (Å²) in [4.78, 5) is 0. The molecule has 3 heteroatoms. The molecular weight excluding hydrogens is 258 g/mol. The Hall–Kier alpha value is -0.570. The van der Waals surface area contributed by atoms with Gasteiger partial charge >= 0.3 is 0 Å². The molecule has 0 saturated carbocycles. The van der Waals surface area contributed by atoms with Crippen molar-refractivity contribution in [2.75, 3.05) is 19.8 Å². The minimum absolute atomic E-state index is 0.544. The van der Waals surface area contributed by atoms with Crippen molar-refractivity contribution in [1.29, 1.82) is 0 Å². The average molecular weight is 282 g/mol. The van der Waals surface area contributed by atoms with Gasteiger partial charge in [0.1, 0.15) is 0 Å². The SMILES string of the molecule is CCCNC(Cc1cccc(Cl)c1)C1CCOCC1. The normalized spacial score (nSPS) is 18.4. The summed E-state index contributed by atoms with van der Waals surface area (Å²) in [6.45, 7) is 5.12. The van der Waals surface area contributed by atoms with E-state index >= 15 is 0 Å². The monoisotopic (exact) mass is 281 g/mol. The van der Waals surface area contributed by atoms with Crippen LogP contribution >= 0.6 is 11.6 Å². The Morgan fingerprint density at radius 2 is 2.16 bits per heavy atom. The van der Waals surface area contributed by atoms with Crippen molar-refractivity contribution in [3.05, 3.63) is 34.9 Å². The molecule has 1 heterocycles.